The largest absolute Gasteiger partial charge is 0.455 e. The van der Waals surface area contributed by atoms with Crippen LogP contribution in [-0.4, -0.2) is 80.7 Å². The van der Waals surface area contributed by atoms with Gasteiger partial charge in [-0.25, -0.2) is 4.79 Å². The summed E-state index contributed by atoms with van der Waals surface area (Å²) >= 11 is 0. The van der Waals surface area contributed by atoms with Gasteiger partial charge in [0.25, 0.3) is 5.97 Å². The summed E-state index contributed by atoms with van der Waals surface area (Å²) in [4.78, 5) is 13.7. The van der Waals surface area contributed by atoms with Gasteiger partial charge in [0.2, 0.25) is 0 Å². The quantitative estimate of drug-likeness (QED) is 0.248. The van der Waals surface area contributed by atoms with Gasteiger partial charge in [-0.05, 0) is 61.1 Å². The Balaban J connectivity index is 1.36. The molecule has 0 amide bonds. The second kappa shape index (κ2) is 10.3. The molecule has 3 N–H and O–H groups in total. The van der Waals surface area contributed by atoms with Gasteiger partial charge in [-0.1, -0.05) is 77.7 Å². The first-order chi connectivity index (χ1) is 21.9. The molecular weight excluding hydrogens is 588 g/mol. The molecule has 252 valence electrons. The van der Waals surface area contributed by atoms with Crippen molar-refractivity contribution in [1.82, 2.24) is 0 Å². The van der Waals surface area contributed by atoms with Crippen molar-refractivity contribution < 1.29 is 43.8 Å². The van der Waals surface area contributed by atoms with Gasteiger partial charge in [-0.3, -0.25) is 0 Å². The van der Waals surface area contributed by atoms with Crippen molar-refractivity contribution in [2.24, 2.45) is 35.5 Å². The summed E-state index contributed by atoms with van der Waals surface area (Å²) in [6, 6.07) is 8.76. The van der Waals surface area contributed by atoms with Crippen LogP contribution in [0.2, 0.25) is 0 Å². The lowest BCUT2D eigenvalue weighted by Gasteiger charge is -2.61. The number of hydrogen-bond acceptors (Lipinski definition) is 9. The van der Waals surface area contributed by atoms with Crippen molar-refractivity contribution in [2.45, 2.75) is 132 Å². The van der Waals surface area contributed by atoms with E-state index in [9.17, 15) is 20.1 Å². The zero-order chi connectivity index (χ0) is 32.4. The Hall–Kier alpha value is -1.85. The van der Waals surface area contributed by atoms with Crippen LogP contribution in [0.5, 0.6) is 0 Å². The van der Waals surface area contributed by atoms with E-state index in [2.05, 4.69) is 20.4 Å². The first-order valence-corrected chi connectivity index (χ1v) is 17.6. The minimum Gasteiger partial charge on any atom is -0.455 e. The summed E-state index contributed by atoms with van der Waals surface area (Å²) in [7, 11) is 0. The maximum absolute atomic E-state index is 13.7. The van der Waals surface area contributed by atoms with E-state index >= 15 is 0 Å². The molecule has 0 aromatic heterocycles. The van der Waals surface area contributed by atoms with Crippen molar-refractivity contribution in [3.63, 3.8) is 0 Å². The average molecular weight is 639 g/mol. The van der Waals surface area contributed by atoms with E-state index in [1.165, 1.54) is 0 Å². The molecule has 7 aliphatic rings. The fourth-order valence-corrected chi connectivity index (χ4v) is 11.6. The lowest BCUT2D eigenvalue weighted by Crippen LogP contribution is -2.73. The fraction of sp³-hybridized carbons (Fsp3) is 0.757. The molecular formula is C37H50O9. The number of epoxide rings is 1. The van der Waals surface area contributed by atoms with Crippen LogP contribution in [0.25, 0.3) is 0 Å². The standard InChI is InChI=1S/C37H50O9/c1-20(2)33-18-22(4)37-26-29(33)44-35(45-33,46-37)17-13-8-6-7-10-14-21(3)25-23(5)28(42-31(39)24-15-11-9-12-16-24)36(41,27(25)37)32(40)34(19-38)30(26)43-34/h9,11-12,15-16,21-23,25-30,32,38,40-41H,1,6-8,10,13-14,17-19H2,2-5H3/t21-,22-,23+,25+,26-,27-,28+,29+,30+,32-,33-,34+,35?,36-,37-/m1/s1. The van der Waals surface area contributed by atoms with Gasteiger partial charge in [-0.15, -0.1) is 0 Å². The van der Waals surface area contributed by atoms with Gasteiger partial charge in [0.1, 0.15) is 41.2 Å². The highest BCUT2D eigenvalue weighted by molar-refractivity contribution is 5.89. The van der Waals surface area contributed by atoms with Crippen molar-refractivity contribution in [1.29, 1.82) is 0 Å². The van der Waals surface area contributed by atoms with Gasteiger partial charge < -0.3 is 39.0 Å². The van der Waals surface area contributed by atoms with Crippen LogP contribution in [0, 0.1) is 35.5 Å². The van der Waals surface area contributed by atoms with Crippen LogP contribution < -0.4 is 0 Å². The topological polar surface area (TPSA) is 127 Å². The second-order valence-electron chi connectivity index (χ2n) is 15.9. The van der Waals surface area contributed by atoms with Crippen LogP contribution in [0.4, 0.5) is 0 Å². The molecule has 2 spiro atoms. The molecule has 8 rings (SSSR count). The number of rotatable bonds is 4. The Morgan fingerprint density at radius 1 is 1.02 bits per heavy atom. The Morgan fingerprint density at radius 3 is 2.46 bits per heavy atom. The molecule has 3 aliphatic carbocycles. The smallest absolute Gasteiger partial charge is 0.338 e. The number of carbonyl (C=O) groups is 1. The number of aliphatic hydroxyl groups excluding tert-OH is 2. The maximum Gasteiger partial charge on any atom is 0.338 e. The number of hydrogen-bond donors (Lipinski definition) is 3. The number of aliphatic hydroxyl groups is 3. The average Bonchev–Trinajstić information content (AvgIpc) is 3.67. The Morgan fingerprint density at radius 2 is 1.74 bits per heavy atom. The molecule has 3 bridgehead atoms. The molecule has 4 aliphatic heterocycles. The highest BCUT2D eigenvalue weighted by Crippen LogP contribution is 2.75. The SMILES string of the molecule is C=C(C)[C@]12C[C@@H](C)[C@@]34OC5(CCCCCCC[C@@H](C)[C@H]6[C@H](C)[C@H](OC(=O)c7ccccc7)[C@@](O)([C@H](O)[C@@]7(CO)O[C@H]7[C@H]3[C@@H]1O5)[C@@H]64)O2. The maximum atomic E-state index is 13.7. The summed E-state index contributed by atoms with van der Waals surface area (Å²) in [5, 5.41) is 37.0. The molecule has 15 atom stereocenters. The minimum absolute atomic E-state index is 0.122. The highest BCUT2D eigenvalue weighted by atomic mass is 16.9. The highest BCUT2D eigenvalue weighted by Gasteiger charge is 2.90. The van der Waals surface area contributed by atoms with Crippen LogP contribution >= 0.6 is 0 Å². The zero-order valence-corrected chi connectivity index (χ0v) is 27.5. The van der Waals surface area contributed by atoms with E-state index in [1.54, 1.807) is 24.3 Å². The van der Waals surface area contributed by atoms with Gasteiger partial charge in [0.05, 0.1) is 17.8 Å². The van der Waals surface area contributed by atoms with Crippen LogP contribution in [0.15, 0.2) is 42.5 Å². The molecule has 3 saturated carbocycles. The molecule has 7 fully saturated rings. The van der Waals surface area contributed by atoms with Crippen LogP contribution in [-0.2, 0) is 23.7 Å². The third-order valence-electron chi connectivity index (χ3n) is 13.6. The van der Waals surface area contributed by atoms with E-state index in [-0.39, 0.29) is 23.7 Å². The Bertz CT molecular complexity index is 1400. The Labute approximate surface area is 271 Å². The van der Waals surface area contributed by atoms with E-state index in [0.29, 0.717) is 18.4 Å². The normalized spacial score (nSPS) is 53.6. The first kappa shape index (κ1) is 31.4. The molecule has 46 heavy (non-hydrogen) atoms. The predicted octanol–water partition coefficient (Wildman–Crippen LogP) is 4.52. The first-order valence-electron chi connectivity index (χ1n) is 17.6. The van der Waals surface area contributed by atoms with Crippen molar-refractivity contribution in [3.8, 4) is 0 Å². The minimum atomic E-state index is -2.00. The number of carbonyl (C=O) groups excluding carboxylic acids is 1. The fourth-order valence-electron chi connectivity index (χ4n) is 11.6. The molecule has 0 radical (unpaired) electrons. The molecule has 9 heteroatoms. The monoisotopic (exact) mass is 638 g/mol. The summed E-state index contributed by atoms with van der Waals surface area (Å²) in [6.07, 6.45) is 3.37. The van der Waals surface area contributed by atoms with Gasteiger partial charge in [0, 0.05) is 18.3 Å². The second-order valence-corrected chi connectivity index (χ2v) is 15.9. The summed E-state index contributed by atoms with van der Waals surface area (Å²) < 4.78 is 34.2. The van der Waals surface area contributed by atoms with Gasteiger partial charge in [0.15, 0.2) is 0 Å². The molecule has 9 nitrogen and oxygen atoms in total. The van der Waals surface area contributed by atoms with Crippen molar-refractivity contribution in [2.75, 3.05) is 6.61 Å². The number of benzene rings is 1. The van der Waals surface area contributed by atoms with E-state index < -0.39 is 77.2 Å². The summed E-state index contributed by atoms with van der Waals surface area (Å²) in [5.41, 5.74) is -4.16. The van der Waals surface area contributed by atoms with Gasteiger partial charge in [-0.2, -0.15) is 0 Å². The number of ether oxygens (including phenoxy) is 5. The lowest BCUT2D eigenvalue weighted by atomic mass is 9.52. The van der Waals surface area contributed by atoms with E-state index in [0.717, 1.165) is 44.1 Å². The summed E-state index contributed by atoms with van der Waals surface area (Å²) in [5.74, 6) is -3.61. The van der Waals surface area contributed by atoms with Crippen LogP contribution in [0.1, 0.15) is 89.4 Å². The number of esters is 1. The molecule has 1 unspecified atom stereocenters. The third-order valence-corrected chi connectivity index (χ3v) is 13.6. The molecule has 4 saturated heterocycles. The summed E-state index contributed by atoms with van der Waals surface area (Å²) in [6.45, 7) is 12.3. The number of fused-ring (bicyclic) bond motifs is 1. The van der Waals surface area contributed by atoms with Crippen molar-refractivity contribution >= 4 is 5.97 Å². The third kappa shape index (κ3) is 3.79. The lowest BCUT2D eigenvalue weighted by molar-refractivity contribution is -0.437. The Kier molecular flexibility index (Phi) is 7.06. The molecule has 1 aromatic carbocycles. The molecule has 1 aromatic rings. The predicted molar refractivity (Wildman–Crippen MR) is 166 cm³/mol. The van der Waals surface area contributed by atoms with E-state index in [4.69, 9.17) is 23.7 Å². The van der Waals surface area contributed by atoms with Crippen LogP contribution in [0.3, 0.4) is 0 Å². The van der Waals surface area contributed by atoms with Crippen molar-refractivity contribution in [3.05, 3.63) is 48.0 Å². The van der Waals surface area contributed by atoms with Gasteiger partial charge >= 0.3 is 5.97 Å². The zero-order valence-electron chi connectivity index (χ0n) is 27.5. The van der Waals surface area contributed by atoms with E-state index in [1.807, 2.05) is 19.9 Å². The molecule has 4 heterocycles.